The molecular weight excluding hydrogens is 264 g/mol. The topological polar surface area (TPSA) is 33.7 Å². The van der Waals surface area contributed by atoms with E-state index in [1.54, 1.807) is 14.2 Å². The Balaban J connectivity index is 2.59. The van der Waals surface area contributed by atoms with Gasteiger partial charge in [0.05, 0.1) is 13.2 Å². The molecule has 0 fully saturated rings. The first kappa shape index (κ1) is 18.0. The molecule has 120 valence electrons. The van der Waals surface area contributed by atoms with Crippen LogP contribution in [-0.4, -0.2) is 46.6 Å². The number of anilines is 1. The minimum absolute atomic E-state index is 0.519. The summed E-state index contributed by atoms with van der Waals surface area (Å²) in [6.07, 6.45) is 1.13. The summed E-state index contributed by atoms with van der Waals surface area (Å²) in [5.74, 6) is 0. The third-order valence-electron chi connectivity index (χ3n) is 3.74. The van der Waals surface area contributed by atoms with Gasteiger partial charge in [0.2, 0.25) is 0 Å². The Hall–Kier alpha value is -1.10. The van der Waals surface area contributed by atoms with Gasteiger partial charge in [-0.3, -0.25) is 0 Å². The molecule has 1 aromatic carbocycles. The average molecular weight is 294 g/mol. The number of nitrogens with one attached hydrogen (secondary N) is 1. The summed E-state index contributed by atoms with van der Waals surface area (Å²) in [4.78, 5) is 2.41. The van der Waals surface area contributed by atoms with Crippen molar-refractivity contribution in [1.29, 1.82) is 0 Å². The molecule has 0 saturated heterocycles. The Kier molecular flexibility index (Phi) is 9.06. The van der Waals surface area contributed by atoms with Crippen molar-refractivity contribution >= 4 is 5.69 Å². The lowest BCUT2D eigenvalue weighted by Crippen LogP contribution is -2.35. The van der Waals surface area contributed by atoms with Crippen LogP contribution < -0.4 is 10.2 Å². The molecule has 1 aromatic rings. The van der Waals surface area contributed by atoms with Gasteiger partial charge in [0.15, 0.2) is 0 Å². The molecule has 1 N–H and O–H groups in total. The number of methoxy groups -OCH3 is 2. The zero-order chi connectivity index (χ0) is 15.5. The molecule has 4 nitrogen and oxygen atoms in total. The van der Waals surface area contributed by atoms with Crippen LogP contribution in [0.5, 0.6) is 0 Å². The molecule has 0 amide bonds. The third kappa shape index (κ3) is 6.46. The van der Waals surface area contributed by atoms with Crippen molar-refractivity contribution < 1.29 is 9.47 Å². The van der Waals surface area contributed by atoms with E-state index in [0.29, 0.717) is 6.04 Å². The second-order valence-electron chi connectivity index (χ2n) is 5.28. The van der Waals surface area contributed by atoms with Gasteiger partial charge in [0, 0.05) is 45.6 Å². The van der Waals surface area contributed by atoms with Gasteiger partial charge in [-0.1, -0.05) is 19.1 Å². The Morgan fingerprint density at radius 1 is 1.10 bits per heavy atom. The number of nitrogens with zero attached hydrogens (tertiary/aromatic N) is 1. The summed E-state index contributed by atoms with van der Waals surface area (Å²) in [6, 6.07) is 9.31. The maximum Gasteiger partial charge on any atom is 0.0637 e. The van der Waals surface area contributed by atoms with Crippen molar-refractivity contribution in [2.45, 2.75) is 32.9 Å². The maximum atomic E-state index is 5.22. The highest BCUT2D eigenvalue weighted by atomic mass is 16.5. The molecule has 0 saturated carbocycles. The van der Waals surface area contributed by atoms with Gasteiger partial charge in [-0.15, -0.1) is 0 Å². The van der Waals surface area contributed by atoms with Crippen molar-refractivity contribution in [2.24, 2.45) is 0 Å². The standard InChI is InChI=1S/C17H30N2O2/c1-5-15(2)19(11-13-21-4)17-8-6-16(7-9-17)14-18-10-12-20-3/h6-9,15,18H,5,10-14H2,1-4H3. The highest BCUT2D eigenvalue weighted by Crippen LogP contribution is 2.19. The van der Waals surface area contributed by atoms with Crippen LogP contribution in [0.15, 0.2) is 24.3 Å². The minimum Gasteiger partial charge on any atom is -0.383 e. The van der Waals surface area contributed by atoms with Crippen molar-refractivity contribution in [2.75, 3.05) is 45.4 Å². The Morgan fingerprint density at radius 2 is 1.76 bits per heavy atom. The van der Waals surface area contributed by atoms with Gasteiger partial charge in [0.1, 0.15) is 0 Å². The van der Waals surface area contributed by atoms with E-state index in [1.807, 2.05) is 0 Å². The van der Waals surface area contributed by atoms with Crippen LogP contribution in [0.2, 0.25) is 0 Å². The van der Waals surface area contributed by atoms with Gasteiger partial charge >= 0.3 is 0 Å². The van der Waals surface area contributed by atoms with Gasteiger partial charge in [0.25, 0.3) is 0 Å². The lowest BCUT2D eigenvalue weighted by atomic mass is 10.1. The predicted molar refractivity (Wildman–Crippen MR) is 89.0 cm³/mol. The Labute approximate surface area is 129 Å². The van der Waals surface area contributed by atoms with Gasteiger partial charge in [-0.05, 0) is 31.0 Å². The zero-order valence-electron chi connectivity index (χ0n) is 13.9. The zero-order valence-corrected chi connectivity index (χ0v) is 13.9. The molecule has 0 aliphatic rings. The fraction of sp³-hybridized carbons (Fsp3) is 0.647. The van der Waals surface area contributed by atoms with E-state index in [0.717, 1.165) is 39.3 Å². The summed E-state index contributed by atoms with van der Waals surface area (Å²) >= 11 is 0. The van der Waals surface area contributed by atoms with E-state index >= 15 is 0 Å². The highest BCUT2D eigenvalue weighted by molar-refractivity contribution is 5.48. The predicted octanol–water partition coefficient (Wildman–Crippen LogP) is 2.67. The molecule has 0 spiro atoms. The average Bonchev–Trinajstić information content (AvgIpc) is 2.53. The molecule has 1 rings (SSSR count). The number of hydrogen-bond donors (Lipinski definition) is 1. The quantitative estimate of drug-likeness (QED) is 0.636. The van der Waals surface area contributed by atoms with Gasteiger partial charge < -0.3 is 19.7 Å². The number of ether oxygens (including phenoxy) is 2. The van der Waals surface area contributed by atoms with E-state index in [1.165, 1.54) is 11.3 Å². The summed E-state index contributed by atoms with van der Waals surface area (Å²) in [5, 5.41) is 3.36. The van der Waals surface area contributed by atoms with Crippen LogP contribution >= 0.6 is 0 Å². The van der Waals surface area contributed by atoms with Crippen LogP contribution in [0.25, 0.3) is 0 Å². The molecule has 0 aliphatic carbocycles. The van der Waals surface area contributed by atoms with Crippen LogP contribution in [0.3, 0.4) is 0 Å². The summed E-state index contributed by atoms with van der Waals surface area (Å²) in [5.41, 5.74) is 2.56. The molecule has 0 heterocycles. The van der Waals surface area contributed by atoms with E-state index in [4.69, 9.17) is 9.47 Å². The molecular formula is C17H30N2O2. The second kappa shape index (κ2) is 10.6. The first-order valence-electron chi connectivity index (χ1n) is 7.77. The first-order chi connectivity index (χ1) is 10.2. The van der Waals surface area contributed by atoms with Crippen LogP contribution in [0, 0.1) is 0 Å². The van der Waals surface area contributed by atoms with Crippen molar-refractivity contribution in [3.05, 3.63) is 29.8 Å². The molecule has 0 radical (unpaired) electrons. The second-order valence-corrected chi connectivity index (χ2v) is 5.28. The van der Waals surface area contributed by atoms with E-state index < -0.39 is 0 Å². The summed E-state index contributed by atoms with van der Waals surface area (Å²) in [7, 11) is 3.48. The fourth-order valence-corrected chi connectivity index (χ4v) is 2.23. The lowest BCUT2D eigenvalue weighted by molar-refractivity contribution is 0.199. The van der Waals surface area contributed by atoms with E-state index in [9.17, 15) is 0 Å². The molecule has 0 aromatic heterocycles. The molecule has 0 aliphatic heterocycles. The van der Waals surface area contributed by atoms with Crippen LogP contribution in [-0.2, 0) is 16.0 Å². The summed E-state index contributed by atoms with van der Waals surface area (Å²) < 4.78 is 10.3. The maximum absolute atomic E-state index is 5.22. The van der Waals surface area contributed by atoms with Crippen molar-refractivity contribution in [3.63, 3.8) is 0 Å². The van der Waals surface area contributed by atoms with Gasteiger partial charge in [-0.2, -0.15) is 0 Å². The largest absolute Gasteiger partial charge is 0.383 e. The third-order valence-corrected chi connectivity index (χ3v) is 3.74. The Bertz CT molecular complexity index is 368. The molecule has 0 bridgehead atoms. The minimum atomic E-state index is 0.519. The highest BCUT2D eigenvalue weighted by Gasteiger charge is 2.12. The van der Waals surface area contributed by atoms with Gasteiger partial charge in [-0.25, -0.2) is 0 Å². The van der Waals surface area contributed by atoms with E-state index in [-0.39, 0.29) is 0 Å². The summed E-state index contributed by atoms with van der Waals surface area (Å²) in [6.45, 7) is 8.67. The SMILES string of the molecule is CCC(C)N(CCOC)c1ccc(CNCCOC)cc1. The molecule has 21 heavy (non-hydrogen) atoms. The first-order valence-corrected chi connectivity index (χ1v) is 7.77. The van der Waals surface area contributed by atoms with Crippen molar-refractivity contribution in [3.8, 4) is 0 Å². The van der Waals surface area contributed by atoms with Crippen molar-refractivity contribution in [1.82, 2.24) is 5.32 Å². The molecule has 1 atom stereocenters. The van der Waals surface area contributed by atoms with Crippen LogP contribution in [0.4, 0.5) is 5.69 Å². The lowest BCUT2D eigenvalue weighted by Gasteiger charge is -2.30. The van der Waals surface area contributed by atoms with E-state index in [2.05, 4.69) is 48.3 Å². The number of benzene rings is 1. The van der Waals surface area contributed by atoms with Crippen LogP contribution in [0.1, 0.15) is 25.8 Å². The normalized spacial score (nSPS) is 12.4. The Morgan fingerprint density at radius 3 is 2.33 bits per heavy atom. The smallest absolute Gasteiger partial charge is 0.0637 e. The monoisotopic (exact) mass is 294 g/mol. The fourth-order valence-electron chi connectivity index (χ4n) is 2.23. The molecule has 1 unspecified atom stereocenters. The number of hydrogen-bond acceptors (Lipinski definition) is 4. The number of rotatable bonds is 11. The molecule has 4 heteroatoms.